The number of urea groups is 1. The van der Waals surface area contributed by atoms with Gasteiger partial charge in [0.05, 0.1) is 0 Å². The summed E-state index contributed by atoms with van der Waals surface area (Å²) in [4.78, 5) is 39.6. The third kappa shape index (κ3) is 2.94. The summed E-state index contributed by atoms with van der Waals surface area (Å²) in [5.74, 6) is -0.427. The van der Waals surface area contributed by atoms with Crippen molar-refractivity contribution >= 4 is 17.8 Å². The summed E-state index contributed by atoms with van der Waals surface area (Å²) in [6.07, 6.45) is 4.10. The molecule has 3 heterocycles. The van der Waals surface area contributed by atoms with E-state index in [4.69, 9.17) is 4.74 Å². The van der Waals surface area contributed by atoms with Crippen LogP contribution in [0.15, 0.2) is 0 Å². The van der Waals surface area contributed by atoms with E-state index in [2.05, 4.69) is 5.32 Å². The van der Waals surface area contributed by atoms with Crippen molar-refractivity contribution in [2.45, 2.75) is 45.1 Å². The molecule has 0 radical (unpaired) electrons. The van der Waals surface area contributed by atoms with Gasteiger partial charge in [0.15, 0.2) is 0 Å². The van der Waals surface area contributed by atoms with Gasteiger partial charge in [-0.2, -0.15) is 0 Å². The number of likely N-dealkylation sites (tertiary alicyclic amines) is 1. The van der Waals surface area contributed by atoms with E-state index in [0.717, 1.165) is 52.0 Å². The highest BCUT2D eigenvalue weighted by Crippen LogP contribution is 2.39. The summed E-state index contributed by atoms with van der Waals surface area (Å²) < 4.78 is 5.45. The number of carbonyl (C=O) groups excluding carboxylic acids is 3. The van der Waals surface area contributed by atoms with Crippen LogP contribution in [0.5, 0.6) is 0 Å². The molecule has 0 aromatic rings. The zero-order valence-electron chi connectivity index (χ0n) is 13.9. The first-order chi connectivity index (χ1) is 10.8. The number of ether oxygens (including phenoxy) is 1. The Morgan fingerprint density at radius 3 is 2.52 bits per heavy atom. The molecule has 0 aromatic carbocycles. The first kappa shape index (κ1) is 16.2. The first-order valence-corrected chi connectivity index (χ1v) is 8.33. The second-order valence-electron chi connectivity index (χ2n) is 7.44. The average Bonchev–Trinajstić information content (AvgIpc) is 2.70. The van der Waals surface area contributed by atoms with Crippen molar-refractivity contribution < 1.29 is 19.1 Å². The number of rotatable bonds is 2. The predicted octanol–water partition coefficient (Wildman–Crippen LogP) is 0.736. The first-order valence-electron chi connectivity index (χ1n) is 8.33. The maximum Gasteiger partial charge on any atom is 0.325 e. The van der Waals surface area contributed by atoms with Gasteiger partial charge in [-0.05, 0) is 44.9 Å². The normalized spacial score (nSPS) is 26.5. The number of nitrogens with zero attached hydrogens (tertiary/aromatic N) is 2. The van der Waals surface area contributed by atoms with E-state index in [1.807, 2.05) is 4.90 Å². The quantitative estimate of drug-likeness (QED) is 0.760. The highest BCUT2D eigenvalue weighted by atomic mass is 16.5. The fourth-order valence-electron chi connectivity index (χ4n) is 3.83. The summed E-state index contributed by atoms with van der Waals surface area (Å²) >= 11 is 0. The van der Waals surface area contributed by atoms with Crippen molar-refractivity contribution in [2.75, 3.05) is 32.8 Å². The van der Waals surface area contributed by atoms with Gasteiger partial charge in [0.2, 0.25) is 5.91 Å². The van der Waals surface area contributed by atoms with Crippen LogP contribution in [0.3, 0.4) is 0 Å². The van der Waals surface area contributed by atoms with Crippen LogP contribution >= 0.6 is 0 Å². The number of hydrogen-bond acceptors (Lipinski definition) is 4. The van der Waals surface area contributed by atoms with Crippen LogP contribution in [0, 0.1) is 5.41 Å². The topological polar surface area (TPSA) is 79.0 Å². The molecule has 0 aliphatic carbocycles. The summed E-state index contributed by atoms with van der Waals surface area (Å²) in [6, 6.07) is -0.480. The van der Waals surface area contributed by atoms with Gasteiger partial charge in [0.1, 0.15) is 12.1 Å². The predicted molar refractivity (Wildman–Crippen MR) is 82.6 cm³/mol. The van der Waals surface area contributed by atoms with Crippen molar-refractivity contribution in [3.8, 4) is 0 Å². The van der Waals surface area contributed by atoms with Crippen LogP contribution in [0.2, 0.25) is 0 Å². The Balaban J connectivity index is 1.66. The third-order valence-corrected chi connectivity index (χ3v) is 5.56. The monoisotopic (exact) mass is 323 g/mol. The van der Waals surface area contributed by atoms with Crippen molar-refractivity contribution in [3.63, 3.8) is 0 Å². The number of imide groups is 1. The Bertz CT molecular complexity index is 520. The molecule has 3 fully saturated rings. The molecule has 0 saturated carbocycles. The molecule has 0 atom stereocenters. The highest BCUT2D eigenvalue weighted by molar-refractivity contribution is 6.07. The number of amides is 4. The summed E-state index contributed by atoms with van der Waals surface area (Å²) in [5, 5.41) is 2.28. The molecule has 0 unspecified atom stereocenters. The van der Waals surface area contributed by atoms with Gasteiger partial charge in [-0.3, -0.25) is 14.9 Å². The van der Waals surface area contributed by atoms with Crippen molar-refractivity contribution in [1.29, 1.82) is 0 Å². The summed E-state index contributed by atoms with van der Waals surface area (Å²) in [6.45, 7) is 6.27. The smallest absolute Gasteiger partial charge is 0.325 e. The Kier molecular flexibility index (Phi) is 4.08. The molecule has 3 saturated heterocycles. The van der Waals surface area contributed by atoms with E-state index in [9.17, 15) is 14.4 Å². The standard InChI is InChI=1S/C16H25N3O4/c1-15(2)13(21)17-14(22)19(15)10-12(20)18-7-3-4-16(11-18)5-8-23-9-6-16/h3-11H2,1-2H3,(H,17,21,22). The van der Waals surface area contributed by atoms with E-state index in [1.165, 1.54) is 4.90 Å². The van der Waals surface area contributed by atoms with Gasteiger partial charge in [-0.25, -0.2) is 4.79 Å². The van der Waals surface area contributed by atoms with E-state index in [-0.39, 0.29) is 23.8 Å². The third-order valence-electron chi connectivity index (χ3n) is 5.56. The van der Waals surface area contributed by atoms with Crippen molar-refractivity contribution in [1.82, 2.24) is 15.1 Å². The molecule has 128 valence electrons. The highest BCUT2D eigenvalue weighted by Gasteiger charge is 2.47. The zero-order valence-corrected chi connectivity index (χ0v) is 13.9. The Labute approximate surface area is 136 Å². The van der Waals surface area contributed by atoms with Gasteiger partial charge in [-0.1, -0.05) is 0 Å². The lowest BCUT2D eigenvalue weighted by Gasteiger charge is -2.45. The van der Waals surface area contributed by atoms with Gasteiger partial charge in [0.25, 0.3) is 5.91 Å². The second-order valence-corrected chi connectivity index (χ2v) is 7.44. The zero-order chi connectivity index (χ0) is 16.7. The lowest BCUT2D eigenvalue weighted by molar-refractivity contribution is -0.138. The summed E-state index contributed by atoms with van der Waals surface area (Å²) in [7, 11) is 0. The fraction of sp³-hybridized carbons (Fsp3) is 0.812. The minimum absolute atomic E-state index is 0.0445. The molecule has 7 heteroatoms. The van der Waals surface area contributed by atoms with Gasteiger partial charge in [-0.15, -0.1) is 0 Å². The number of nitrogens with one attached hydrogen (secondary N) is 1. The van der Waals surface area contributed by atoms with Crippen LogP contribution < -0.4 is 5.32 Å². The molecule has 23 heavy (non-hydrogen) atoms. The molecule has 1 spiro atoms. The molecule has 3 aliphatic rings. The molecule has 0 bridgehead atoms. The van der Waals surface area contributed by atoms with Crippen LogP contribution in [0.1, 0.15) is 39.5 Å². The molecule has 3 aliphatic heterocycles. The lowest BCUT2D eigenvalue weighted by Crippen LogP contribution is -2.53. The molecule has 1 N–H and O–H groups in total. The van der Waals surface area contributed by atoms with Gasteiger partial charge >= 0.3 is 6.03 Å². The largest absolute Gasteiger partial charge is 0.381 e. The van der Waals surface area contributed by atoms with Crippen LogP contribution in [-0.4, -0.2) is 66.0 Å². The number of hydrogen-bond donors (Lipinski definition) is 1. The van der Waals surface area contributed by atoms with Crippen LogP contribution in [-0.2, 0) is 14.3 Å². The van der Waals surface area contributed by atoms with E-state index >= 15 is 0 Å². The maximum atomic E-state index is 12.7. The van der Waals surface area contributed by atoms with Crippen LogP contribution in [0.25, 0.3) is 0 Å². The molecule has 0 aromatic heterocycles. The average molecular weight is 323 g/mol. The summed E-state index contributed by atoms with van der Waals surface area (Å²) in [5.41, 5.74) is -0.802. The lowest BCUT2D eigenvalue weighted by atomic mass is 9.74. The molecular weight excluding hydrogens is 298 g/mol. The van der Waals surface area contributed by atoms with Crippen LogP contribution in [0.4, 0.5) is 4.79 Å². The molecule has 7 nitrogen and oxygen atoms in total. The molecule has 3 rings (SSSR count). The van der Waals surface area contributed by atoms with E-state index in [1.54, 1.807) is 13.8 Å². The van der Waals surface area contributed by atoms with Crippen molar-refractivity contribution in [3.05, 3.63) is 0 Å². The minimum Gasteiger partial charge on any atom is -0.381 e. The van der Waals surface area contributed by atoms with E-state index < -0.39 is 11.6 Å². The Morgan fingerprint density at radius 1 is 1.22 bits per heavy atom. The van der Waals surface area contributed by atoms with Gasteiger partial charge < -0.3 is 14.5 Å². The van der Waals surface area contributed by atoms with Gasteiger partial charge in [0, 0.05) is 26.3 Å². The van der Waals surface area contributed by atoms with Crippen molar-refractivity contribution in [2.24, 2.45) is 5.41 Å². The second kappa shape index (κ2) is 5.78. The Hall–Kier alpha value is -1.63. The molecular formula is C16H25N3O4. The fourth-order valence-corrected chi connectivity index (χ4v) is 3.83. The SMILES string of the molecule is CC1(C)C(=O)NC(=O)N1CC(=O)N1CCCC2(CCOCC2)C1. The maximum absolute atomic E-state index is 12.7. The Morgan fingerprint density at radius 2 is 1.91 bits per heavy atom. The molecule has 4 amide bonds. The minimum atomic E-state index is -0.973. The number of carbonyl (C=O) groups is 3. The number of piperidine rings is 1. The van der Waals surface area contributed by atoms with E-state index in [0.29, 0.717) is 0 Å².